The Morgan fingerprint density at radius 1 is 1.62 bits per heavy atom. The quantitative estimate of drug-likeness (QED) is 0.630. The molecule has 1 aromatic rings. The van der Waals surface area contributed by atoms with E-state index in [1.165, 1.54) is 0 Å². The zero-order valence-corrected chi connectivity index (χ0v) is 10.1. The summed E-state index contributed by atoms with van der Waals surface area (Å²) in [5.41, 5.74) is 0. The van der Waals surface area contributed by atoms with E-state index in [1.807, 2.05) is 0 Å². The van der Waals surface area contributed by atoms with Gasteiger partial charge in [0, 0.05) is 0 Å². The number of hydrogen-bond acceptors (Lipinski definition) is 4. The van der Waals surface area contributed by atoms with Gasteiger partial charge in [-0.25, -0.2) is 9.78 Å². The lowest BCUT2D eigenvalue weighted by Crippen LogP contribution is -2.34. The van der Waals surface area contributed by atoms with Gasteiger partial charge in [-0.2, -0.15) is 0 Å². The topological polar surface area (TPSA) is 63.2 Å². The summed E-state index contributed by atoms with van der Waals surface area (Å²) in [5.74, 6) is 0.453. The molecule has 0 radical (unpaired) electrons. The number of ether oxygens (including phenoxy) is 1. The molecule has 1 rings (SSSR count). The van der Waals surface area contributed by atoms with Crippen molar-refractivity contribution in [3.8, 4) is 0 Å². The van der Waals surface area contributed by atoms with Gasteiger partial charge in [0.25, 0.3) is 0 Å². The summed E-state index contributed by atoms with van der Waals surface area (Å²) in [6.07, 6.45) is -0.609. The van der Waals surface area contributed by atoms with Gasteiger partial charge in [0.2, 0.25) is 0 Å². The molecule has 0 saturated carbocycles. The minimum atomic E-state index is -0.609. The van der Waals surface area contributed by atoms with E-state index in [4.69, 9.17) is 23.8 Å². The van der Waals surface area contributed by atoms with Crippen molar-refractivity contribution in [2.75, 3.05) is 11.9 Å². The monoisotopic (exact) mass is 259 g/mol. The molecule has 16 heavy (non-hydrogen) atoms. The first kappa shape index (κ1) is 12.7. The van der Waals surface area contributed by atoms with Gasteiger partial charge >= 0.3 is 6.09 Å². The number of thiocarbonyl (C=S) groups is 1. The Kier molecular flexibility index (Phi) is 4.94. The number of nitrogens with zero attached hydrogens (tertiary/aromatic N) is 1. The van der Waals surface area contributed by atoms with Crippen molar-refractivity contribution in [3.63, 3.8) is 0 Å². The number of nitrogens with one attached hydrogen (secondary N) is 2. The van der Waals surface area contributed by atoms with Gasteiger partial charge in [-0.15, -0.1) is 0 Å². The lowest BCUT2D eigenvalue weighted by molar-refractivity contribution is 0.158. The maximum Gasteiger partial charge on any atom is 0.413 e. The molecule has 0 atom stereocenters. The van der Waals surface area contributed by atoms with E-state index in [0.29, 0.717) is 11.0 Å². The highest BCUT2D eigenvalue weighted by Gasteiger charge is 2.05. The number of halogens is 1. The van der Waals surface area contributed by atoms with Crippen molar-refractivity contribution >= 4 is 40.8 Å². The Morgan fingerprint density at radius 3 is 3.00 bits per heavy atom. The smallest absolute Gasteiger partial charge is 0.413 e. The van der Waals surface area contributed by atoms with Crippen LogP contribution in [0.3, 0.4) is 0 Å². The second-order valence-corrected chi connectivity index (χ2v) is 3.44. The van der Waals surface area contributed by atoms with E-state index < -0.39 is 6.09 Å². The molecule has 0 fully saturated rings. The molecule has 0 aliphatic rings. The molecule has 0 bridgehead atoms. The van der Waals surface area contributed by atoms with Gasteiger partial charge in [-0.3, -0.25) is 5.32 Å². The molecule has 5 nitrogen and oxygen atoms in total. The van der Waals surface area contributed by atoms with Crippen molar-refractivity contribution in [2.24, 2.45) is 0 Å². The Morgan fingerprint density at radius 2 is 2.38 bits per heavy atom. The number of rotatable bonds is 2. The predicted molar refractivity (Wildman–Crippen MR) is 65.6 cm³/mol. The highest BCUT2D eigenvalue weighted by atomic mass is 35.5. The summed E-state index contributed by atoms with van der Waals surface area (Å²) in [7, 11) is 0. The van der Waals surface area contributed by atoms with Gasteiger partial charge < -0.3 is 10.1 Å². The van der Waals surface area contributed by atoms with Crippen molar-refractivity contribution in [2.45, 2.75) is 6.92 Å². The van der Waals surface area contributed by atoms with Crippen LogP contribution in [0, 0.1) is 0 Å². The number of aromatic nitrogens is 1. The summed E-state index contributed by atoms with van der Waals surface area (Å²) < 4.78 is 4.65. The number of carbonyl (C=O) groups excluding carboxylic acids is 1. The van der Waals surface area contributed by atoms with E-state index in [2.05, 4.69) is 20.4 Å². The number of alkyl carbamates (subject to hydrolysis) is 1. The molecule has 1 aromatic heterocycles. The van der Waals surface area contributed by atoms with Crippen LogP contribution in [0.5, 0.6) is 0 Å². The molecule has 0 spiro atoms. The zero-order valence-electron chi connectivity index (χ0n) is 8.49. The van der Waals surface area contributed by atoms with Crippen LogP contribution >= 0.6 is 23.8 Å². The number of amides is 1. The Bertz CT molecular complexity index is 400. The van der Waals surface area contributed by atoms with Crippen LogP contribution in [-0.4, -0.2) is 22.8 Å². The zero-order chi connectivity index (χ0) is 12.0. The number of hydrogen-bond donors (Lipinski definition) is 2. The minimum Gasteiger partial charge on any atom is -0.450 e. The van der Waals surface area contributed by atoms with E-state index >= 15 is 0 Å². The number of pyridine rings is 1. The van der Waals surface area contributed by atoms with Crippen molar-refractivity contribution in [1.29, 1.82) is 0 Å². The fraction of sp³-hybridized carbons (Fsp3) is 0.222. The van der Waals surface area contributed by atoms with E-state index in [1.54, 1.807) is 25.1 Å². The first-order valence-corrected chi connectivity index (χ1v) is 5.27. The molecule has 0 aliphatic heterocycles. The SMILES string of the molecule is CCOC(=O)NC(=S)Nc1cccc(Cl)n1. The second-order valence-electron chi connectivity index (χ2n) is 2.65. The highest BCUT2D eigenvalue weighted by molar-refractivity contribution is 7.80. The molecule has 86 valence electrons. The summed E-state index contributed by atoms with van der Waals surface area (Å²) in [4.78, 5) is 14.9. The maximum atomic E-state index is 11.0. The molecule has 1 amide bonds. The van der Waals surface area contributed by atoms with Gasteiger partial charge in [-0.1, -0.05) is 17.7 Å². The molecule has 7 heteroatoms. The highest BCUT2D eigenvalue weighted by Crippen LogP contribution is 2.08. The van der Waals surface area contributed by atoms with E-state index in [0.717, 1.165) is 0 Å². The normalized spacial score (nSPS) is 9.38. The Hall–Kier alpha value is -1.40. The molecular weight excluding hydrogens is 250 g/mol. The molecule has 0 aromatic carbocycles. The van der Waals surface area contributed by atoms with Gasteiger partial charge in [0.05, 0.1) is 6.61 Å². The largest absolute Gasteiger partial charge is 0.450 e. The third kappa shape index (κ3) is 4.41. The van der Waals surface area contributed by atoms with Crippen molar-refractivity contribution in [3.05, 3.63) is 23.4 Å². The molecule has 0 saturated heterocycles. The first-order valence-electron chi connectivity index (χ1n) is 4.49. The summed E-state index contributed by atoms with van der Waals surface area (Å²) in [6, 6.07) is 5.02. The summed E-state index contributed by atoms with van der Waals surface area (Å²) in [5, 5.41) is 5.46. The summed E-state index contributed by atoms with van der Waals surface area (Å²) >= 11 is 10.5. The van der Waals surface area contributed by atoms with Crippen LogP contribution in [0.15, 0.2) is 18.2 Å². The Balaban J connectivity index is 2.48. The molecule has 2 N–H and O–H groups in total. The average Bonchev–Trinajstić information content (AvgIpc) is 2.17. The Labute approximate surface area is 103 Å². The van der Waals surface area contributed by atoms with E-state index in [9.17, 15) is 4.79 Å². The van der Waals surface area contributed by atoms with E-state index in [-0.39, 0.29) is 11.7 Å². The minimum absolute atomic E-state index is 0.105. The lowest BCUT2D eigenvalue weighted by atomic mass is 10.5. The number of carbonyl (C=O) groups is 1. The van der Waals surface area contributed by atoms with Gasteiger partial charge in [-0.05, 0) is 31.3 Å². The fourth-order valence-electron chi connectivity index (χ4n) is 0.885. The molecule has 1 heterocycles. The fourth-order valence-corrected chi connectivity index (χ4v) is 1.24. The molecule has 0 aliphatic carbocycles. The van der Waals surface area contributed by atoms with Crippen LogP contribution in [0.4, 0.5) is 10.6 Å². The third-order valence-electron chi connectivity index (χ3n) is 1.45. The molecule has 0 unspecified atom stereocenters. The average molecular weight is 260 g/mol. The van der Waals surface area contributed by atoms with Crippen LogP contribution < -0.4 is 10.6 Å². The standard InChI is InChI=1S/C9H10ClN3O2S/c1-2-15-9(14)13-8(16)12-7-5-3-4-6(10)11-7/h3-5H,2H2,1H3,(H2,11,12,13,14,16). The van der Waals surface area contributed by atoms with Crippen molar-refractivity contribution < 1.29 is 9.53 Å². The maximum absolute atomic E-state index is 11.0. The third-order valence-corrected chi connectivity index (χ3v) is 1.86. The number of anilines is 1. The van der Waals surface area contributed by atoms with Crippen LogP contribution in [-0.2, 0) is 4.74 Å². The second kappa shape index (κ2) is 6.24. The predicted octanol–water partition coefficient (Wildman–Crippen LogP) is 2.18. The van der Waals surface area contributed by atoms with Gasteiger partial charge in [0.15, 0.2) is 5.11 Å². The van der Waals surface area contributed by atoms with Crippen molar-refractivity contribution in [1.82, 2.24) is 10.3 Å². The lowest BCUT2D eigenvalue weighted by Gasteiger charge is -2.08. The van der Waals surface area contributed by atoms with Gasteiger partial charge in [0.1, 0.15) is 11.0 Å². The van der Waals surface area contributed by atoms with Crippen LogP contribution in [0.25, 0.3) is 0 Å². The van der Waals surface area contributed by atoms with Crippen LogP contribution in [0.1, 0.15) is 6.92 Å². The molecular formula is C9H10ClN3O2S. The van der Waals surface area contributed by atoms with Crippen LogP contribution in [0.2, 0.25) is 5.15 Å². The summed E-state index contributed by atoms with van der Waals surface area (Å²) in [6.45, 7) is 1.98. The first-order chi connectivity index (χ1) is 7.61.